The number of nitrogens with one attached hydrogen (secondary N) is 1. The molecule has 6 heteroatoms. The first-order valence-corrected chi connectivity index (χ1v) is 12.2. The Balaban J connectivity index is 1.33. The summed E-state index contributed by atoms with van der Waals surface area (Å²) in [6.45, 7) is 6.11. The molecule has 2 fully saturated rings. The van der Waals surface area contributed by atoms with Crippen LogP contribution in [0.4, 0.5) is 10.1 Å². The number of hydrogen-bond acceptors (Lipinski definition) is 4. The fraction of sp³-hybridized carbons (Fsp3) is 0.519. The standard InChI is InChI=1S/C27H35FN2O3/c1-21-7-4-5-16-30(21)17-6-18-33-23-12-10-22(11-13-23)29-26(31)27(14-19-32-20-15-27)24-8-2-3-9-25(24)28/h2-3,8-13,21H,4-7,14-20H2,1H3,(H,29,31)/t21-/m0/s1. The van der Waals surface area contributed by atoms with Gasteiger partial charge in [0.1, 0.15) is 11.6 Å². The minimum atomic E-state index is -0.926. The van der Waals surface area contributed by atoms with E-state index in [1.165, 1.54) is 31.9 Å². The van der Waals surface area contributed by atoms with Gasteiger partial charge in [-0.3, -0.25) is 4.79 Å². The SMILES string of the molecule is C[C@H]1CCCCN1CCCOc1ccc(NC(=O)C2(c3ccccc3F)CCOCC2)cc1. The van der Waals surface area contributed by atoms with Crippen molar-refractivity contribution in [2.75, 3.05) is 38.2 Å². The minimum absolute atomic E-state index is 0.194. The van der Waals surface area contributed by atoms with Gasteiger partial charge in [-0.2, -0.15) is 0 Å². The molecule has 4 rings (SSSR count). The molecule has 2 aliphatic rings. The minimum Gasteiger partial charge on any atom is -0.494 e. The number of halogens is 1. The Kier molecular flexibility index (Phi) is 7.99. The molecule has 0 bridgehead atoms. The predicted molar refractivity (Wildman–Crippen MR) is 128 cm³/mol. The molecular formula is C27H35FN2O3. The lowest BCUT2D eigenvalue weighted by Crippen LogP contribution is -2.45. The smallest absolute Gasteiger partial charge is 0.235 e. The summed E-state index contributed by atoms with van der Waals surface area (Å²) in [5, 5.41) is 3.00. The summed E-state index contributed by atoms with van der Waals surface area (Å²) in [5.41, 5.74) is 0.190. The quantitative estimate of drug-likeness (QED) is 0.560. The van der Waals surface area contributed by atoms with E-state index in [0.29, 0.717) is 50.0 Å². The maximum absolute atomic E-state index is 14.6. The van der Waals surface area contributed by atoms with Crippen LogP contribution in [0.15, 0.2) is 48.5 Å². The van der Waals surface area contributed by atoms with Gasteiger partial charge >= 0.3 is 0 Å². The summed E-state index contributed by atoms with van der Waals surface area (Å²) < 4.78 is 26.0. The molecule has 0 unspecified atom stereocenters. The second kappa shape index (κ2) is 11.1. The van der Waals surface area contributed by atoms with Crippen molar-refractivity contribution in [1.29, 1.82) is 0 Å². The van der Waals surface area contributed by atoms with E-state index in [0.717, 1.165) is 18.7 Å². The lowest BCUT2D eigenvalue weighted by molar-refractivity contribution is -0.125. The van der Waals surface area contributed by atoms with Crippen molar-refractivity contribution in [2.45, 2.75) is 56.9 Å². The zero-order valence-electron chi connectivity index (χ0n) is 19.5. The third-order valence-electron chi connectivity index (χ3n) is 7.08. The molecule has 0 spiro atoms. The van der Waals surface area contributed by atoms with Gasteiger partial charge in [-0.25, -0.2) is 4.39 Å². The van der Waals surface area contributed by atoms with Crippen LogP contribution in [0.5, 0.6) is 5.75 Å². The second-order valence-corrected chi connectivity index (χ2v) is 9.24. The first kappa shape index (κ1) is 23.7. The third kappa shape index (κ3) is 5.74. The number of anilines is 1. The number of nitrogens with zero attached hydrogens (tertiary/aromatic N) is 1. The number of piperidine rings is 1. The Hall–Kier alpha value is -2.44. The number of ether oxygens (including phenoxy) is 2. The van der Waals surface area contributed by atoms with Crippen molar-refractivity contribution in [3.05, 3.63) is 59.9 Å². The van der Waals surface area contributed by atoms with E-state index in [-0.39, 0.29) is 11.7 Å². The summed E-state index contributed by atoms with van der Waals surface area (Å²) in [7, 11) is 0. The molecule has 33 heavy (non-hydrogen) atoms. The molecular weight excluding hydrogens is 419 g/mol. The molecule has 2 saturated heterocycles. The number of carbonyl (C=O) groups is 1. The van der Waals surface area contributed by atoms with Crippen molar-refractivity contribution >= 4 is 11.6 Å². The summed E-state index contributed by atoms with van der Waals surface area (Å²) in [5.74, 6) is 0.243. The molecule has 0 radical (unpaired) electrons. The fourth-order valence-electron chi connectivity index (χ4n) is 5.02. The zero-order chi connectivity index (χ0) is 23.1. The van der Waals surface area contributed by atoms with E-state index < -0.39 is 5.41 Å². The molecule has 0 saturated carbocycles. The lowest BCUT2D eigenvalue weighted by atomic mass is 9.73. The number of rotatable bonds is 8. The summed E-state index contributed by atoms with van der Waals surface area (Å²) in [6, 6.07) is 14.7. The highest BCUT2D eigenvalue weighted by Crippen LogP contribution is 2.37. The lowest BCUT2D eigenvalue weighted by Gasteiger charge is -2.36. The van der Waals surface area contributed by atoms with E-state index in [4.69, 9.17) is 9.47 Å². The summed E-state index contributed by atoms with van der Waals surface area (Å²) >= 11 is 0. The van der Waals surface area contributed by atoms with Gasteiger partial charge in [0.05, 0.1) is 12.0 Å². The molecule has 1 N–H and O–H groups in total. The van der Waals surface area contributed by atoms with Crippen LogP contribution in [0.25, 0.3) is 0 Å². The van der Waals surface area contributed by atoms with Crippen molar-refractivity contribution < 1.29 is 18.7 Å². The highest BCUT2D eigenvalue weighted by atomic mass is 19.1. The van der Waals surface area contributed by atoms with E-state index >= 15 is 0 Å². The normalized spacial score (nSPS) is 20.8. The van der Waals surface area contributed by atoms with Gasteiger partial charge in [0, 0.05) is 37.1 Å². The van der Waals surface area contributed by atoms with Crippen molar-refractivity contribution in [1.82, 2.24) is 4.90 Å². The zero-order valence-corrected chi connectivity index (χ0v) is 19.5. The molecule has 1 amide bonds. The number of likely N-dealkylation sites (tertiary alicyclic amines) is 1. The van der Waals surface area contributed by atoms with Crippen LogP contribution in [-0.2, 0) is 14.9 Å². The van der Waals surface area contributed by atoms with Crippen molar-refractivity contribution in [3.8, 4) is 5.75 Å². The first-order valence-electron chi connectivity index (χ1n) is 12.2. The van der Waals surface area contributed by atoms with Crippen molar-refractivity contribution in [3.63, 3.8) is 0 Å². The molecule has 2 aliphatic heterocycles. The maximum atomic E-state index is 14.6. The molecule has 1 atom stereocenters. The Morgan fingerprint density at radius 2 is 1.91 bits per heavy atom. The molecule has 2 aromatic rings. The van der Waals surface area contributed by atoms with E-state index in [2.05, 4.69) is 17.1 Å². The van der Waals surface area contributed by atoms with E-state index in [9.17, 15) is 9.18 Å². The Labute approximate surface area is 196 Å². The van der Waals surface area contributed by atoms with Gasteiger partial charge in [-0.05, 0) is 75.9 Å². The monoisotopic (exact) mass is 454 g/mol. The maximum Gasteiger partial charge on any atom is 0.235 e. The second-order valence-electron chi connectivity index (χ2n) is 9.24. The number of amides is 1. The topological polar surface area (TPSA) is 50.8 Å². The number of hydrogen-bond donors (Lipinski definition) is 1. The van der Waals surface area contributed by atoms with Crippen LogP contribution in [0.3, 0.4) is 0 Å². The van der Waals surface area contributed by atoms with Gasteiger partial charge in [-0.15, -0.1) is 0 Å². The Morgan fingerprint density at radius 1 is 1.15 bits per heavy atom. The van der Waals surface area contributed by atoms with Gasteiger partial charge < -0.3 is 19.7 Å². The first-order chi connectivity index (χ1) is 16.1. The van der Waals surface area contributed by atoms with Crippen LogP contribution in [0.2, 0.25) is 0 Å². The summed E-state index contributed by atoms with van der Waals surface area (Å²) in [4.78, 5) is 15.9. The number of carbonyl (C=O) groups excluding carboxylic acids is 1. The Morgan fingerprint density at radius 3 is 2.64 bits per heavy atom. The molecule has 2 aromatic carbocycles. The molecule has 178 valence electrons. The highest BCUT2D eigenvalue weighted by Gasteiger charge is 2.43. The third-order valence-corrected chi connectivity index (χ3v) is 7.08. The van der Waals surface area contributed by atoms with Crippen LogP contribution in [0, 0.1) is 5.82 Å². The molecule has 0 aromatic heterocycles. The molecule has 2 heterocycles. The van der Waals surface area contributed by atoms with Crippen LogP contribution < -0.4 is 10.1 Å². The Bertz CT molecular complexity index is 912. The fourth-order valence-corrected chi connectivity index (χ4v) is 5.02. The van der Waals surface area contributed by atoms with E-state index in [1.54, 1.807) is 18.2 Å². The predicted octanol–water partition coefficient (Wildman–Crippen LogP) is 5.16. The number of benzene rings is 2. The van der Waals surface area contributed by atoms with E-state index in [1.807, 2.05) is 24.3 Å². The molecule has 0 aliphatic carbocycles. The van der Waals surface area contributed by atoms with Gasteiger partial charge in [0.2, 0.25) is 5.91 Å². The van der Waals surface area contributed by atoms with Crippen LogP contribution >= 0.6 is 0 Å². The summed E-state index contributed by atoms with van der Waals surface area (Å²) in [6.07, 6.45) is 5.83. The van der Waals surface area contributed by atoms with Gasteiger partial charge in [0.25, 0.3) is 0 Å². The van der Waals surface area contributed by atoms with Gasteiger partial charge in [0.15, 0.2) is 0 Å². The van der Waals surface area contributed by atoms with Crippen LogP contribution in [0.1, 0.15) is 51.0 Å². The van der Waals surface area contributed by atoms with Crippen LogP contribution in [-0.4, -0.2) is 49.8 Å². The molecule has 5 nitrogen and oxygen atoms in total. The average molecular weight is 455 g/mol. The van der Waals surface area contributed by atoms with Crippen molar-refractivity contribution in [2.24, 2.45) is 0 Å². The van der Waals surface area contributed by atoms with Gasteiger partial charge in [-0.1, -0.05) is 24.6 Å². The highest BCUT2D eigenvalue weighted by molar-refractivity contribution is 5.99. The average Bonchev–Trinajstić information content (AvgIpc) is 2.84. The largest absolute Gasteiger partial charge is 0.494 e.